The summed E-state index contributed by atoms with van der Waals surface area (Å²) in [6.45, 7) is 6.45. The molecule has 0 saturated heterocycles. The van der Waals surface area contributed by atoms with Gasteiger partial charge >= 0.3 is 0 Å². The topological polar surface area (TPSA) is 72.1 Å². The minimum absolute atomic E-state index is 0.685. The molecule has 7 nitrogen and oxygen atoms in total. The predicted octanol–water partition coefficient (Wildman–Crippen LogP) is 3.64. The van der Waals surface area contributed by atoms with Gasteiger partial charge in [0.2, 0.25) is 0 Å². The molecule has 0 spiro atoms. The summed E-state index contributed by atoms with van der Waals surface area (Å²) >= 11 is 0. The lowest BCUT2D eigenvalue weighted by Crippen LogP contribution is -2.38. The maximum atomic E-state index is 4.75. The van der Waals surface area contributed by atoms with Gasteiger partial charge in [-0.1, -0.05) is 42.5 Å². The van der Waals surface area contributed by atoms with Crippen molar-refractivity contribution in [2.45, 2.75) is 33.4 Å². The van der Waals surface area contributed by atoms with Crippen molar-refractivity contribution in [3.8, 4) is 5.69 Å². The average Bonchev–Trinajstić information content (AvgIpc) is 3.46. The van der Waals surface area contributed by atoms with E-state index in [2.05, 4.69) is 87.8 Å². The van der Waals surface area contributed by atoms with Crippen molar-refractivity contribution in [1.29, 1.82) is 0 Å². The van der Waals surface area contributed by atoms with Gasteiger partial charge in [-0.15, -0.1) is 0 Å². The highest BCUT2D eigenvalue weighted by molar-refractivity contribution is 5.79. The second kappa shape index (κ2) is 10.6. The molecule has 0 aliphatic heterocycles. The number of nitrogens with zero attached hydrogens (tertiary/aromatic N) is 5. The largest absolute Gasteiger partial charge is 0.356 e. The molecule has 2 heterocycles. The monoisotopic (exact) mass is 441 g/mol. The summed E-state index contributed by atoms with van der Waals surface area (Å²) < 4.78 is 3.94. The Morgan fingerprint density at radius 1 is 0.939 bits per heavy atom. The fraction of sp³-hybridized carbons (Fsp3) is 0.269. The molecule has 170 valence electrons. The number of guanidine groups is 1. The Kier molecular flexibility index (Phi) is 7.19. The quantitative estimate of drug-likeness (QED) is 0.323. The first kappa shape index (κ1) is 22.3. The van der Waals surface area contributed by atoms with E-state index < -0.39 is 0 Å². The highest BCUT2D eigenvalue weighted by atomic mass is 15.3. The Morgan fingerprint density at radius 3 is 2.42 bits per heavy atom. The number of hydrogen-bond acceptors (Lipinski definition) is 3. The van der Waals surface area contributed by atoms with Gasteiger partial charge in [0.15, 0.2) is 5.96 Å². The van der Waals surface area contributed by atoms with Crippen LogP contribution in [-0.2, 0) is 19.5 Å². The van der Waals surface area contributed by atoms with Gasteiger partial charge in [0, 0.05) is 43.8 Å². The molecule has 2 aromatic heterocycles. The third-order valence-electron chi connectivity index (χ3n) is 5.77. The fourth-order valence-electron chi connectivity index (χ4n) is 3.86. The van der Waals surface area contributed by atoms with Crippen LogP contribution < -0.4 is 10.6 Å². The molecule has 4 rings (SSSR count). The van der Waals surface area contributed by atoms with E-state index in [-0.39, 0.29) is 0 Å². The molecule has 0 radical (unpaired) electrons. The molecule has 2 aromatic carbocycles. The van der Waals surface area contributed by atoms with E-state index in [1.807, 2.05) is 23.0 Å². The van der Waals surface area contributed by atoms with Crippen LogP contribution in [0.5, 0.6) is 0 Å². The van der Waals surface area contributed by atoms with Gasteiger partial charge in [0.1, 0.15) is 0 Å². The van der Waals surface area contributed by atoms with E-state index in [4.69, 9.17) is 5.10 Å². The van der Waals surface area contributed by atoms with Gasteiger partial charge in [-0.05, 0) is 49.6 Å². The molecule has 0 saturated carbocycles. The summed E-state index contributed by atoms with van der Waals surface area (Å²) in [4.78, 5) is 4.37. The van der Waals surface area contributed by atoms with E-state index in [1.165, 1.54) is 22.4 Å². The van der Waals surface area contributed by atoms with Crippen molar-refractivity contribution in [2.24, 2.45) is 4.99 Å². The van der Waals surface area contributed by atoms with Gasteiger partial charge in [0.25, 0.3) is 0 Å². The summed E-state index contributed by atoms with van der Waals surface area (Å²) in [5, 5.41) is 15.9. The first-order valence-electron chi connectivity index (χ1n) is 11.2. The zero-order valence-electron chi connectivity index (χ0n) is 19.5. The highest BCUT2D eigenvalue weighted by Gasteiger charge is 2.12. The van der Waals surface area contributed by atoms with E-state index in [1.54, 1.807) is 13.2 Å². The van der Waals surface area contributed by atoms with Gasteiger partial charge in [-0.3, -0.25) is 9.67 Å². The molecular formula is C26H31N7. The van der Waals surface area contributed by atoms with Gasteiger partial charge in [0.05, 0.1) is 17.9 Å². The zero-order chi connectivity index (χ0) is 23.0. The third kappa shape index (κ3) is 5.68. The van der Waals surface area contributed by atoms with Crippen LogP contribution in [0.2, 0.25) is 0 Å². The Morgan fingerprint density at radius 2 is 1.73 bits per heavy atom. The molecule has 7 heteroatoms. The van der Waals surface area contributed by atoms with E-state index in [9.17, 15) is 0 Å². The SMILES string of the molecule is CN=C(NCCc1ccc(-n2cccn2)cc1)NCc1c(C)nn(Cc2ccccc2)c1C. The molecule has 2 N–H and O–H groups in total. The summed E-state index contributed by atoms with van der Waals surface area (Å²) in [5.74, 6) is 0.790. The van der Waals surface area contributed by atoms with Gasteiger partial charge in [-0.2, -0.15) is 10.2 Å². The maximum absolute atomic E-state index is 4.75. The normalized spacial score (nSPS) is 11.5. The lowest BCUT2D eigenvalue weighted by Gasteiger charge is -2.13. The van der Waals surface area contributed by atoms with Crippen molar-refractivity contribution in [1.82, 2.24) is 30.2 Å². The maximum Gasteiger partial charge on any atom is 0.191 e. The van der Waals surface area contributed by atoms with Crippen LogP contribution in [0.4, 0.5) is 0 Å². The van der Waals surface area contributed by atoms with Crippen molar-refractivity contribution < 1.29 is 0 Å². The number of aliphatic imine (C=N–C) groups is 1. The number of aromatic nitrogens is 4. The Bertz CT molecular complexity index is 1170. The minimum atomic E-state index is 0.685. The summed E-state index contributed by atoms with van der Waals surface area (Å²) in [7, 11) is 1.80. The zero-order valence-corrected chi connectivity index (χ0v) is 19.5. The van der Waals surface area contributed by atoms with E-state index >= 15 is 0 Å². The molecule has 0 atom stereocenters. The van der Waals surface area contributed by atoms with Gasteiger partial charge < -0.3 is 10.6 Å². The van der Waals surface area contributed by atoms with Crippen LogP contribution in [0.3, 0.4) is 0 Å². The Hall–Kier alpha value is -3.87. The standard InChI is InChI=1S/C26H31N7/c1-20-25(21(2)33(31-20)19-23-8-5-4-6-9-23)18-29-26(27-3)28-16-14-22-10-12-24(13-11-22)32-17-7-15-30-32/h4-13,15,17H,14,16,18-19H2,1-3H3,(H2,27,28,29). The van der Waals surface area contributed by atoms with E-state index in [0.29, 0.717) is 6.54 Å². The van der Waals surface area contributed by atoms with Crippen molar-refractivity contribution in [2.75, 3.05) is 13.6 Å². The lowest BCUT2D eigenvalue weighted by molar-refractivity contribution is 0.657. The van der Waals surface area contributed by atoms with Crippen molar-refractivity contribution in [3.05, 3.63) is 101 Å². The fourth-order valence-corrected chi connectivity index (χ4v) is 3.86. The number of nitrogens with one attached hydrogen (secondary N) is 2. The minimum Gasteiger partial charge on any atom is -0.356 e. The molecule has 0 bridgehead atoms. The molecule has 33 heavy (non-hydrogen) atoms. The Balaban J connectivity index is 1.28. The second-order valence-electron chi connectivity index (χ2n) is 8.01. The predicted molar refractivity (Wildman–Crippen MR) is 133 cm³/mol. The van der Waals surface area contributed by atoms with Crippen molar-refractivity contribution in [3.63, 3.8) is 0 Å². The third-order valence-corrected chi connectivity index (χ3v) is 5.77. The van der Waals surface area contributed by atoms with Crippen molar-refractivity contribution >= 4 is 5.96 Å². The molecule has 0 unspecified atom stereocenters. The second-order valence-corrected chi connectivity index (χ2v) is 8.01. The smallest absolute Gasteiger partial charge is 0.191 e. The number of rotatable bonds is 8. The number of benzene rings is 2. The summed E-state index contributed by atoms with van der Waals surface area (Å²) in [6, 6.07) is 20.8. The number of hydrogen-bond donors (Lipinski definition) is 2. The van der Waals surface area contributed by atoms with Crippen LogP contribution in [0, 0.1) is 13.8 Å². The summed E-state index contributed by atoms with van der Waals surface area (Å²) in [6.07, 6.45) is 4.64. The summed E-state index contributed by atoms with van der Waals surface area (Å²) in [5.41, 5.74) is 7.01. The molecule has 0 aliphatic rings. The van der Waals surface area contributed by atoms with Crippen LogP contribution >= 0.6 is 0 Å². The van der Waals surface area contributed by atoms with E-state index in [0.717, 1.165) is 36.9 Å². The molecular weight excluding hydrogens is 410 g/mol. The molecule has 0 amide bonds. The van der Waals surface area contributed by atoms with Gasteiger partial charge in [-0.25, -0.2) is 4.68 Å². The number of aryl methyl sites for hydroxylation is 1. The first-order chi connectivity index (χ1) is 16.1. The van der Waals surface area contributed by atoms with Crippen LogP contribution in [-0.4, -0.2) is 39.1 Å². The first-order valence-corrected chi connectivity index (χ1v) is 11.2. The average molecular weight is 442 g/mol. The lowest BCUT2D eigenvalue weighted by atomic mass is 10.1. The highest BCUT2D eigenvalue weighted by Crippen LogP contribution is 2.15. The molecule has 4 aromatic rings. The Labute approximate surface area is 195 Å². The van der Waals surface area contributed by atoms with Crippen LogP contribution in [0.1, 0.15) is 28.1 Å². The van der Waals surface area contributed by atoms with Crippen LogP contribution in [0.25, 0.3) is 5.69 Å². The molecule has 0 fully saturated rings. The van der Waals surface area contributed by atoms with Crippen LogP contribution in [0.15, 0.2) is 78.0 Å². The molecule has 0 aliphatic carbocycles.